The van der Waals surface area contributed by atoms with Gasteiger partial charge in [-0.15, -0.1) is 6.42 Å². The molecule has 1 N–H and O–H groups in total. The molecule has 0 heterocycles. The molecular weight excluding hydrogens is 319 g/mol. The van der Waals surface area contributed by atoms with E-state index >= 15 is 0 Å². The molecule has 0 bridgehead atoms. The predicted octanol–water partition coefficient (Wildman–Crippen LogP) is 2.26. The zero-order chi connectivity index (χ0) is 12.0. The van der Waals surface area contributed by atoms with E-state index in [1.165, 1.54) is 0 Å². The number of carbonyl (C=O) groups is 1. The molecule has 1 rings (SSSR count). The van der Waals surface area contributed by atoms with Crippen molar-refractivity contribution in [3.8, 4) is 18.1 Å². The first-order valence-corrected chi connectivity index (χ1v) is 5.94. The molecule has 16 heavy (non-hydrogen) atoms. The minimum Gasteiger partial charge on any atom is -0.508 e. The van der Waals surface area contributed by atoms with Crippen LogP contribution in [0, 0.1) is 12.3 Å². The maximum absolute atomic E-state index is 11.3. The molecule has 0 fully saturated rings. The summed E-state index contributed by atoms with van der Waals surface area (Å²) in [6, 6.07) is 6.90. The Morgan fingerprint density at radius 1 is 1.56 bits per heavy atom. The summed E-state index contributed by atoms with van der Waals surface area (Å²) in [6.07, 6.45) is 5.73. The first-order chi connectivity index (χ1) is 7.63. The molecule has 0 aromatic heterocycles. The van der Waals surface area contributed by atoms with Crippen molar-refractivity contribution in [2.75, 3.05) is 0 Å². The lowest BCUT2D eigenvalue weighted by molar-refractivity contribution is -0.142. The lowest BCUT2D eigenvalue weighted by Gasteiger charge is -2.06. The van der Waals surface area contributed by atoms with Gasteiger partial charge >= 0.3 is 5.97 Å². The number of ether oxygens (including phenoxy) is 1. The molecule has 1 unspecified atom stereocenters. The molecule has 4 heteroatoms. The van der Waals surface area contributed by atoms with Crippen molar-refractivity contribution in [3.05, 3.63) is 29.8 Å². The highest BCUT2D eigenvalue weighted by molar-refractivity contribution is 14.1. The number of rotatable bonds is 4. The number of halogens is 1. The van der Waals surface area contributed by atoms with Crippen LogP contribution in [0.3, 0.4) is 0 Å². The average Bonchev–Trinajstić information content (AvgIpc) is 2.28. The number of esters is 1. The Kier molecular flexibility index (Phi) is 5.12. The van der Waals surface area contributed by atoms with E-state index in [0.29, 0.717) is 6.42 Å². The molecular formula is C12H11IO3. The molecule has 0 saturated heterocycles. The van der Waals surface area contributed by atoms with Gasteiger partial charge in [-0.2, -0.15) is 0 Å². The van der Waals surface area contributed by atoms with Gasteiger partial charge in [-0.1, -0.05) is 24.1 Å². The number of phenolic OH excluding ortho intramolecular Hbond substituents is 1. The first kappa shape index (κ1) is 12.8. The molecule has 0 aliphatic rings. The Labute approximate surface area is 108 Å². The third-order valence-electron chi connectivity index (χ3n) is 1.96. The van der Waals surface area contributed by atoms with Crippen LogP contribution in [-0.2, 0) is 16.0 Å². The van der Waals surface area contributed by atoms with Crippen LogP contribution < -0.4 is 0 Å². The number of para-hydroxylation sites is 1. The highest BCUT2D eigenvalue weighted by atomic mass is 127. The van der Waals surface area contributed by atoms with Crippen LogP contribution in [0.5, 0.6) is 5.75 Å². The number of benzene rings is 1. The normalized spacial score (nSPS) is 11.5. The van der Waals surface area contributed by atoms with E-state index in [0.717, 1.165) is 5.56 Å². The van der Waals surface area contributed by atoms with E-state index in [1.54, 1.807) is 18.2 Å². The van der Waals surface area contributed by atoms with Gasteiger partial charge in [0.1, 0.15) is 5.75 Å². The Morgan fingerprint density at radius 2 is 2.25 bits per heavy atom. The zero-order valence-electron chi connectivity index (χ0n) is 8.52. The predicted molar refractivity (Wildman–Crippen MR) is 69.2 cm³/mol. The average molecular weight is 330 g/mol. The number of hydrogen-bond donors (Lipinski definition) is 1. The number of alkyl halides is 1. The second-order valence-corrected chi connectivity index (χ2v) is 4.23. The molecule has 1 aromatic carbocycles. The summed E-state index contributed by atoms with van der Waals surface area (Å²) in [5.41, 5.74) is 0.727. The van der Waals surface area contributed by atoms with Crippen molar-refractivity contribution in [2.45, 2.75) is 17.0 Å². The summed E-state index contributed by atoms with van der Waals surface area (Å²) in [5, 5.41) is 9.47. The Morgan fingerprint density at radius 3 is 2.88 bits per heavy atom. The standard InChI is InChI=1S/C12H11IO3/c1-2-11(13)16-12(15)8-7-9-5-3-4-6-10(9)14/h1,3-6,11,14H,7-8H2. The van der Waals surface area contributed by atoms with Gasteiger partial charge in [0.2, 0.25) is 4.11 Å². The molecule has 0 amide bonds. The molecule has 0 aliphatic heterocycles. The summed E-state index contributed by atoms with van der Waals surface area (Å²) in [6.45, 7) is 0. The van der Waals surface area contributed by atoms with Crippen molar-refractivity contribution < 1.29 is 14.6 Å². The third kappa shape index (κ3) is 4.11. The van der Waals surface area contributed by atoms with Gasteiger partial charge in [0.05, 0.1) is 0 Å². The van der Waals surface area contributed by atoms with Gasteiger partial charge in [-0.25, -0.2) is 0 Å². The Balaban J connectivity index is 2.44. The fourth-order valence-electron chi connectivity index (χ4n) is 1.17. The lowest BCUT2D eigenvalue weighted by atomic mass is 10.1. The van der Waals surface area contributed by atoms with Crippen LogP contribution in [0.4, 0.5) is 0 Å². The van der Waals surface area contributed by atoms with Crippen LogP contribution in [0.2, 0.25) is 0 Å². The van der Waals surface area contributed by atoms with E-state index in [9.17, 15) is 9.90 Å². The van der Waals surface area contributed by atoms with Crippen LogP contribution in [-0.4, -0.2) is 15.2 Å². The fraction of sp³-hybridized carbons (Fsp3) is 0.250. The van der Waals surface area contributed by atoms with Gasteiger partial charge in [-0.3, -0.25) is 4.79 Å². The molecule has 0 aliphatic carbocycles. The van der Waals surface area contributed by atoms with Gasteiger partial charge in [-0.05, 0) is 40.6 Å². The van der Waals surface area contributed by atoms with Gasteiger partial charge in [0.15, 0.2) is 0 Å². The van der Waals surface area contributed by atoms with Crippen LogP contribution in [0.1, 0.15) is 12.0 Å². The molecule has 3 nitrogen and oxygen atoms in total. The number of aromatic hydroxyl groups is 1. The van der Waals surface area contributed by atoms with E-state index in [4.69, 9.17) is 11.2 Å². The van der Waals surface area contributed by atoms with Gasteiger partial charge in [0, 0.05) is 6.42 Å². The second-order valence-electron chi connectivity index (χ2n) is 3.10. The SMILES string of the molecule is C#CC(I)OC(=O)CCc1ccccc1O. The zero-order valence-corrected chi connectivity index (χ0v) is 10.7. The Hall–Kier alpha value is -1.22. The molecule has 84 valence electrons. The summed E-state index contributed by atoms with van der Waals surface area (Å²) in [5.74, 6) is 2.13. The van der Waals surface area contributed by atoms with Gasteiger partial charge < -0.3 is 9.84 Å². The minimum atomic E-state index is -0.533. The number of carbonyl (C=O) groups excluding carboxylic acids is 1. The summed E-state index contributed by atoms with van der Waals surface area (Å²) >= 11 is 1.85. The monoisotopic (exact) mass is 330 g/mol. The topological polar surface area (TPSA) is 46.5 Å². The quantitative estimate of drug-likeness (QED) is 0.399. The van der Waals surface area contributed by atoms with Gasteiger partial charge in [0.25, 0.3) is 0 Å². The number of phenols is 1. The molecule has 0 radical (unpaired) electrons. The molecule has 1 aromatic rings. The first-order valence-electron chi connectivity index (χ1n) is 4.70. The van der Waals surface area contributed by atoms with Crippen LogP contribution >= 0.6 is 22.6 Å². The van der Waals surface area contributed by atoms with Crippen LogP contribution in [0.15, 0.2) is 24.3 Å². The third-order valence-corrected chi connectivity index (χ3v) is 2.57. The van der Waals surface area contributed by atoms with E-state index in [2.05, 4.69) is 5.92 Å². The largest absolute Gasteiger partial charge is 0.508 e. The smallest absolute Gasteiger partial charge is 0.308 e. The maximum Gasteiger partial charge on any atom is 0.308 e. The second kappa shape index (κ2) is 6.38. The number of hydrogen-bond acceptors (Lipinski definition) is 3. The fourth-order valence-corrected chi connectivity index (χ4v) is 1.45. The summed E-state index contributed by atoms with van der Waals surface area (Å²) < 4.78 is 4.36. The molecule has 0 spiro atoms. The summed E-state index contributed by atoms with van der Waals surface area (Å²) in [4.78, 5) is 11.3. The maximum atomic E-state index is 11.3. The summed E-state index contributed by atoms with van der Waals surface area (Å²) in [7, 11) is 0. The molecule has 1 atom stereocenters. The van der Waals surface area contributed by atoms with Crippen molar-refractivity contribution in [1.82, 2.24) is 0 Å². The van der Waals surface area contributed by atoms with E-state index in [1.807, 2.05) is 28.7 Å². The van der Waals surface area contributed by atoms with Crippen LogP contribution in [0.25, 0.3) is 0 Å². The van der Waals surface area contributed by atoms with Crippen molar-refractivity contribution in [2.24, 2.45) is 0 Å². The highest BCUT2D eigenvalue weighted by Crippen LogP contribution is 2.17. The Bertz CT molecular complexity index is 409. The minimum absolute atomic E-state index is 0.193. The van der Waals surface area contributed by atoms with E-state index in [-0.39, 0.29) is 18.1 Å². The van der Waals surface area contributed by atoms with Crippen molar-refractivity contribution in [3.63, 3.8) is 0 Å². The highest BCUT2D eigenvalue weighted by Gasteiger charge is 2.09. The molecule has 0 saturated carbocycles. The number of terminal acetylenes is 1. The lowest BCUT2D eigenvalue weighted by Crippen LogP contribution is -2.11. The van der Waals surface area contributed by atoms with Crippen molar-refractivity contribution in [1.29, 1.82) is 0 Å². The number of aryl methyl sites for hydroxylation is 1. The van der Waals surface area contributed by atoms with Crippen molar-refractivity contribution >= 4 is 28.6 Å². The van der Waals surface area contributed by atoms with E-state index < -0.39 is 4.11 Å².